The maximum Gasteiger partial charge on any atom is 0.184 e. The average molecular weight is 463 g/mol. The molecule has 0 aromatic heterocycles. The Morgan fingerprint density at radius 3 is 2.58 bits per heavy atom. The molecule has 11 unspecified atom stereocenters. The monoisotopic (exact) mass is 462 g/mol. The summed E-state index contributed by atoms with van der Waals surface area (Å²) in [5.41, 5.74) is 0.401. The van der Waals surface area contributed by atoms with E-state index >= 15 is 0 Å². The summed E-state index contributed by atoms with van der Waals surface area (Å²) in [6, 6.07) is 0.449. The average Bonchev–Trinajstić information content (AvgIpc) is 3.74. The molecule has 11 atom stereocenters. The van der Waals surface area contributed by atoms with Gasteiger partial charge in [-0.3, -0.25) is 4.90 Å². The van der Waals surface area contributed by atoms with Gasteiger partial charge in [-0.15, -0.1) is 0 Å². The number of aliphatic hydroxyl groups excluding tert-OH is 1. The van der Waals surface area contributed by atoms with Crippen LogP contribution < -0.4 is 0 Å². The fourth-order valence-electron chi connectivity index (χ4n) is 8.45. The Labute approximate surface area is 198 Å². The maximum atomic E-state index is 10.1. The van der Waals surface area contributed by atoms with Gasteiger partial charge in [-0.25, -0.2) is 0 Å². The molecule has 7 rings (SSSR count). The zero-order valence-corrected chi connectivity index (χ0v) is 20.3. The number of epoxide rings is 2. The van der Waals surface area contributed by atoms with Gasteiger partial charge in [0, 0.05) is 29.8 Å². The van der Waals surface area contributed by atoms with Gasteiger partial charge >= 0.3 is 0 Å². The Hall–Kier alpha value is -0.280. The highest BCUT2D eigenvalue weighted by molar-refractivity contribution is 5.09. The molecule has 1 aliphatic carbocycles. The Bertz CT molecular complexity index is 744. The van der Waals surface area contributed by atoms with Crippen LogP contribution in [-0.4, -0.2) is 91.4 Å². The summed E-state index contributed by atoms with van der Waals surface area (Å²) in [5.74, 6) is 2.94. The minimum Gasteiger partial charge on any atom is -0.368 e. The molecule has 6 aliphatic heterocycles. The maximum absolute atomic E-state index is 10.1. The van der Waals surface area contributed by atoms with Gasteiger partial charge in [0.05, 0.1) is 13.2 Å². The topological polar surface area (TPSA) is 70.2 Å². The number of nitrogens with zero attached hydrogens (tertiary/aromatic N) is 2. The van der Waals surface area contributed by atoms with E-state index in [4.69, 9.17) is 18.9 Å². The molecule has 7 fully saturated rings. The highest BCUT2D eigenvalue weighted by Gasteiger charge is 2.63. The molecule has 0 amide bonds. The Kier molecular flexibility index (Phi) is 5.40. The largest absolute Gasteiger partial charge is 0.368 e. The van der Waals surface area contributed by atoms with Crippen LogP contribution in [0.3, 0.4) is 0 Å². The van der Waals surface area contributed by atoms with Crippen molar-refractivity contribution in [2.24, 2.45) is 35.0 Å². The van der Waals surface area contributed by atoms with E-state index in [1.54, 1.807) is 0 Å². The number of fused-ring (bicyclic) bond motifs is 4. The predicted molar refractivity (Wildman–Crippen MR) is 121 cm³/mol. The van der Waals surface area contributed by atoms with Crippen LogP contribution in [-0.2, 0) is 18.9 Å². The normalized spacial score (nSPS) is 53.4. The van der Waals surface area contributed by atoms with Crippen molar-refractivity contribution in [2.75, 3.05) is 39.4 Å². The minimum absolute atomic E-state index is 0.0729. The van der Waals surface area contributed by atoms with Crippen LogP contribution in [0.4, 0.5) is 0 Å². The van der Waals surface area contributed by atoms with E-state index < -0.39 is 6.29 Å². The van der Waals surface area contributed by atoms with E-state index in [-0.39, 0.29) is 6.29 Å². The zero-order valence-electron chi connectivity index (χ0n) is 20.3. The van der Waals surface area contributed by atoms with Gasteiger partial charge in [0.1, 0.15) is 18.4 Å². The van der Waals surface area contributed by atoms with Gasteiger partial charge in [-0.2, -0.15) is 0 Å². The molecular formula is C26H42N2O5. The summed E-state index contributed by atoms with van der Waals surface area (Å²) in [6.45, 7) is 11.1. The Balaban J connectivity index is 0.899. The third kappa shape index (κ3) is 3.64. The first-order chi connectivity index (χ1) is 16.0. The van der Waals surface area contributed by atoms with E-state index in [9.17, 15) is 5.11 Å². The number of aliphatic hydroxyl groups is 1. The highest BCUT2D eigenvalue weighted by atomic mass is 16.8. The number of ether oxygens (including phenoxy) is 4. The van der Waals surface area contributed by atoms with E-state index in [1.165, 1.54) is 51.7 Å². The van der Waals surface area contributed by atoms with Crippen LogP contribution in [0.5, 0.6) is 0 Å². The minimum atomic E-state index is -0.510. The van der Waals surface area contributed by atoms with Crippen LogP contribution in [0, 0.1) is 35.0 Å². The third-order valence-corrected chi connectivity index (χ3v) is 11.1. The lowest BCUT2D eigenvalue weighted by Crippen LogP contribution is -2.56. The lowest BCUT2D eigenvalue weighted by molar-refractivity contribution is -0.0865. The number of hydrogen-bond acceptors (Lipinski definition) is 7. The van der Waals surface area contributed by atoms with Gasteiger partial charge in [-0.05, 0) is 75.9 Å². The fourth-order valence-corrected chi connectivity index (χ4v) is 8.45. The summed E-state index contributed by atoms with van der Waals surface area (Å²) >= 11 is 0. The van der Waals surface area contributed by atoms with Crippen LogP contribution in [0.15, 0.2) is 0 Å². The van der Waals surface area contributed by atoms with Crippen LogP contribution in [0.1, 0.15) is 52.4 Å². The molecule has 7 heteroatoms. The predicted octanol–water partition coefficient (Wildman–Crippen LogP) is 2.28. The van der Waals surface area contributed by atoms with Crippen LogP contribution >= 0.6 is 0 Å². The van der Waals surface area contributed by atoms with Gasteiger partial charge in [-0.1, -0.05) is 13.8 Å². The number of rotatable bonds is 4. The zero-order chi connectivity index (χ0) is 22.3. The second-order valence-corrected chi connectivity index (χ2v) is 12.4. The molecule has 7 aliphatic rings. The molecule has 0 bridgehead atoms. The van der Waals surface area contributed by atoms with E-state index in [0.717, 1.165) is 32.1 Å². The molecule has 6 heterocycles. The van der Waals surface area contributed by atoms with Crippen molar-refractivity contribution in [3.05, 3.63) is 0 Å². The number of hydrogen-bond donors (Lipinski definition) is 1. The Morgan fingerprint density at radius 2 is 1.73 bits per heavy atom. The second-order valence-electron chi connectivity index (χ2n) is 12.4. The Morgan fingerprint density at radius 1 is 0.909 bits per heavy atom. The van der Waals surface area contributed by atoms with Crippen LogP contribution in [0.2, 0.25) is 0 Å². The van der Waals surface area contributed by atoms with E-state index in [0.29, 0.717) is 53.6 Å². The lowest BCUT2D eigenvalue weighted by atomic mass is 9.67. The summed E-state index contributed by atoms with van der Waals surface area (Å²) in [6.07, 6.45) is 8.16. The fraction of sp³-hybridized carbons (Fsp3) is 1.00. The van der Waals surface area contributed by atoms with Crippen molar-refractivity contribution >= 4 is 0 Å². The van der Waals surface area contributed by atoms with Gasteiger partial charge < -0.3 is 29.0 Å². The van der Waals surface area contributed by atoms with Gasteiger partial charge in [0.15, 0.2) is 12.6 Å². The molecule has 7 nitrogen and oxygen atoms in total. The molecule has 6 saturated heterocycles. The SMILES string of the molecule is CC1C(CCN2CCC3(CC2)CCN(C2COC4OC4C2C)C2OC23)CCC2C(O)OCC12. The number of likely N-dealkylation sites (tertiary alicyclic amines) is 2. The molecule has 1 spiro atoms. The van der Waals surface area contributed by atoms with Crippen molar-refractivity contribution in [1.82, 2.24) is 9.80 Å². The smallest absolute Gasteiger partial charge is 0.184 e. The van der Waals surface area contributed by atoms with Crippen molar-refractivity contribution in [3.63, 3.8) is 0 Å². The van der Waals surface area contributed by atoms with Crippen molar-refractivity contribution in [3.8, 4) is 0 Å². The molecule has 1 saturated carbocycles. The second kappa shape index (κ2) is 8.12. The first kappa shape index (κ1) is 22.0. The first-order valence-corrected chi connectivity index (χ1v) is 13.7. The lowest BCUT2D eigenvalue weighted by Gasteiger charge is -2.47. The molecular weight excluding hydrogens is 420 g/mol. The molecule has 186 valence electrons. The van der Waals surface area contributed by atoms with Crippen molar-refractivity contribution in [1.29, 1.82) is 0 Å². The van der Waals surface area contributed by atoms with Gasteiger partial charge in [0.25, 0.3) is 0 Å². The summed E-state index contributed by atoms with van der Waals surface area (Å²) in [7, 11) is 0. The highest BCUT2D eigenvalue weighted by Crippen LogP contribution is 2.55. The summed E-state index contributed by atoms with van der Waals surface area (Å²) < 4.78 is 23.5. The van der Waals surface area contributed by atoms with E-state index in [1.807, 2.05) is 0 Å². The standard InChI is InChI=1S/C26H42N2O5/c1-15-17(3-4-18-19(15)13-30-24(18)29)5-9-27-10-6-26(7-11-27)8-12-28(23-22(26)33-23)20-14-31-25-21(32-25)16(20)2/h15-25,29H,3-14H2,1-2H3. The molecule has 33 heavy (non-hydrogen) atoms. The number of piperidine rings is 2. The molecule has 1 N–H and O–H groups in total. The molecule has 0 aromatic carbocycles. The van der Waals surface area contributed by atoms with Gasteiger partial charge in [0.2, 0.25) is 0 Å². The quantitative estimate of drug-likeness (QED) is 0.643. The van der Waals surface area contributed by atoms with Crippen LogP contribution in [0.25, 0.3) is 0 Å². The molecule has 0 aromatic rings. The van der Waals surface area contributed by atoms with Crippen molar-refractivity contribution in [2.45, 2.75) is 89.4 Å². The van der Waals surface area contributed by atoms with E-state index in [2.05, 4.69) is 23.6 Å². The first-order valence-electron chi connectivity index (χ1n) is 13.7. The van der Waals surface area contributed by atoms with Crippen molar-refractivity contribution < 1.29 is 24.1 Å². The summed E-state index contributed by atoms with van der Waals surface area (Å²) in [4.78, 5) is 5.32. The summed E-state index contributed by atoms with van der Waals surface area (Å²) in [5, 5.41) is 10.1. The third-order valence-electron chi connectivity index (χ3n) is 11.1. The molecule has 0 radical (unpaired) electrons.